The van der Waals surface area contributed by atoms with Crippen molar-refractivity contribution in [3.05, 3.63) is 17.6 Å². The van der Waals surface area contributed by atoms with Gasteiger partial charge in [0.05, 0.1) is 0 Å². The maximum absolute atomic E-state index is 12.0. The molecule has 1 heterocycles. The molecule has 0 aliphatic heterocycles. The lowest BCUT2D eigenvalue weighted by molar-refractivity contribution is 0.244. The van der Waals surface area contributed by atoms with Crippen LogP contribution in [-0.2, 0) is 16.6 Å². The molecule has 0 spiro atoms. The van der Waals surface area contributed by atoms with E-state index < -0.39 is 10.0 Å². The van der Waals surface area contributed by atoms with Gasteiger partial charge in [0.2, 0.25) is 10.0 Å². The fourth-order valence-corrected chi connectivity index (χ4v) is 2.94. The quantitative estimate of drug-likeness (QED) is 0.744. The van der Waals surface area contributed by atoms with E-state index in [9.17, 15) is 8.42 Å². The van der Waals surface area contributed by atoms with Crippen molar-refractivity contribution >= 4 is 10.0 Å². The van der Waals surface area contributed by atoms with Gasteiger partial charge in [-0.15, -0.1) is 0 Å². The summed E-state index contributed by atoms with van der Waals surface area (Å²) < 4.78 is 31.6. The lowest BCUT2D eigenvalue weighted by Gasteiger charge is -2.06. The molecule has 18 heavy (non-hydrogen) atoms. The van der Waals surface area contributed by atoms with Crippen LogP contribution >= 0.6 is 0 Å². The third kappa shape index (κ3) is 4.12. The van der Waals surface area contributed by atoms with Crippen LogP contribution in [0.1, 0.15) is 38.2 Å². The summed E-state index contributed by atoms with van der Waals surface area (Å²) in [4.78, 5) is 0.107. The van der Waals surface area contributed by atoms with Crippen molar-refractivity contribution in [2.75, 3.05) is 6.54 Å². The molecule has 0 aliphatic rings. The molecule has 0 amide bonds. The number of sulfonamides is 1. The molecule has 1 rings (SSSR count). The van der Waals surface area contributed by atoms with E-state index in [2.05, 4.69) is 18.6 Å². The number of aliphatic hydroxyl groups excluding tert-OH is 1. The third-order valence-electron chi connectivity index (χ3n) is 2.62. The van der Waals surface area contributed by atoms with Crippen molar-refractivity contribution in [2.24, 2.45) is 5.92 Å². The minimum Gasteiger partial charge on any atom is -0.462 e. The van der Waals surface area contributed by atoms with Crippen molar-refractivity contribution < 1.29 is 17.9 Å². The predicted octanol–water partition coefficient (Wildman–Crippen LogP) is 1.79. The Labute approximate surface area is 108 Å². The summed E-state index contributed by atoms with van der Waals surface area (Å²) in [6.45, 7) is 5.88. The van der Waals surface area contributed by atoms with Crippen molar-refractivity contribution in [1.29, 1.82) is 0 Å². The van der Waals surface area contributed by atoms with E-state index >= 15 is 0 Å². The molecule has 1 aromatic rings. The number of aliphatic hydroxyl groups is 1. The monoisotopic (exact) mass is 275 g/mol. The van der Waals surface area contributed by atoms with Crippen molar-refractivity contribution in [2.45, 2.75) is 45.1 Å². The fourth-order valence-electron chi connectivity index (χ4n) is 1.66. The highest BCUT2D eigenvalue weighted by atomic mass is 32.2. The molecule has 0 fully saturated rings. The Bertz CT molecular complexity index is 476. The van der Waals surface area contributed by atoms with E-state index in [4.69, 9.17) is 9.52 Å². The summed E-state index contributed by atoms with van der Waals surface area (Å²) in [6.07, 6.45) is 1.79. The second-order valence-corrected chi connectivity index (χ2v) is 6.46. The molecule has 6 heteroatoms. The van der Waals surface area contributed by atoms with Gasteiger partial charge in [0, 0.05) is 12.6 Å². The number of hydrogen-bond donors (Lipinski definition) is 2. The van der Waals surface area contributed by atoms with Crippen molar-refractivity contribution in [3.63, 3.8) is 0 Å². The van der Waals surface area contributed by atoms with Gasteiger partial charge in [0.1, 0.15) is 23.0 Å². The van der Waals surface area contributed by atoms with Gasteiger partial charge < -0.3 is 9.52 Å². The number of hydrogen-bond acceptors (Lipinski definition) is 4. The SMILES string of the molecule is Cc1oc(CO)cc1S(=O)(=O)NCCCC(C)C. The molecule has 2 N–H and O–H groups in total. The number of aryl methyl sites for hydroxylation is 1. The first-order valence-electron chi connectivity index (χ1n) is 6.06. The van der Waals surface area contributed by atoms with Crippen LogP contribution in [0.2, 0.25) is 0 Å². The second kappa shape index (κ2) is 6.36. The molecule has 0 bridgehead atoms. The topological polar surface area (TPSA) is 79.5 Å². The van der Waals surface area contributed by atoms with E-state index in [0.29, 0.717) is 18.2 Å². The molecular formula is C12H21NO4S. The van der Waals surface area contributed by atoms with Crippen LogP contribution in [0.3, 0.4) is 0 Å². The smallest absolute Gasteiger partial charge is 0.244 e. The Hall–Kier alpha value is -0.850. The van der Waals surface area contributed by atoms with E-state index in [1.54, 1.807) is 6.92 Å². The minimum atomic E-state index is -3.53. The summed E-state index contributed by atoms with van der Waals surface area (Å²) in [5, 5.41) is 8.91. The average molecular weight is 275 g/mol. The Kier molecular flexibility index (Phi) is 5.37. The molecule has 1 aromatic heterocycles. The van der Waals surface area contributed by atoms with Gasteiger partial charge in [0.15, 0.2) is 0 Å². The minimum absolute atomic E-state index is 0.107. The van der Waals surface area contributed by atoms with Gasteiger partial charge >= 0.3 is 0 Å². The Morgan fingerprint density at radius 2 is 2.11 bits per heavy atom. The average Bonchev–Trinajstić information content (AvgIpc) is 2.66. The Morgan fingerprint density at radius 1 is 1.44 bits per heavy atom. The zero-order valence-corrected chi connectivity index (χ0v) is 11.9. The standard InChI is InChI=1S/C12H21NO4S/c1-9(2)5-4-6-13-18(15,16)12-7-11(8-14)17-10(12)3/h7,9,13-14H,4-6,8H2,1-3H3. The summed E-state index contributed by atoms with van der Waals surface area (Å²) in [5.74, 6) is 1.12. The predicted molar refractivity (Wildman–Crippen MR) is 68.6 cm³/mol. The second-order valence-electron chi connectivity index (χ2n) is 4.73. The fraction of sp³-hybridized carbons (Fsp3) is 0.667. The van der Waals surface area contributed by atoms with Crippen LogP contribution in [0.25, 0.3) is 0 Å². The molecule has 5 nitrogen and oxygen atoms in total. The first-order chi connectivity index (χ1) is 8.36. The Morgan fingerprint density at radius 3 is 2.61 bits per heavy atom. The number of rotatable bonds is 7. The van der Waals surface area contributed by atoms with Crippen LogP contribution in [-0.4, -0.2) is 20.1 Å². The van der Waals surface area contributed by atoms with E-state index in [1.807, 2.05) is 0 Å². The van der Waals surface area contributed by atoms with Gasteiger partial charge in [-0.05, 0) is 25.7 Å². The highest BCUT2D eigenvalue weighted by Crippen LogP contribution is 2.19. The Balaban J connectivity index is 2.65. The van der Waals surface area contributed by atoms with E-state index in [1.165, 1.54) is 6.07 Å². The maximum Gasteiger partial charge on any atom is 0.244 e. The number of nitrogens with one attached hydrogen (secondary N) is 1. The van der Waals surface area contributed by atoms with Crippen LogP contribution in [0, 0.1) is 12.8 Å². The normalized spacial score (nSPS) is 12.3. The first-order valence-corrected chi connectivity index (χ1v) is 7.55. The summed E-state index contributed by atoms with van der Waals surface area (Å²) in [6, 6.07) is 1.36. The van der Waals surface area contributed by atoms with Crippen LogP contribution < -0.4 is 4.72 Å². The number of furan rings is 1. The van der Waals surface area contributed by atoms with Crippen molar-refractivity contribution in [1.82, 2.24) is 4.72 Å². The highest BCUT2D eigenvalue weighted by molar-refractivity contribution is 7.89. The van der Waals surface area contributed by atoms with Crippen LogP contribution in [0.4, 0.5) is 0 Å². The molecule has 0 radical (unpaired) electrons. The first kappa shape index (κ1) is 15.2. The van der Waals surface area contributed by atoms with E-state index in [0.717, 1.165) is 12.8 Å². The van der Waals surface area contributed by atoms with Gasteiger partial charge in [-0.25, -0.2) is 13.1 Å². The van der Waals surface area contributed by atoms with Gasteiger partial charge in [-0.3, -0.25) is 0 Å². The lowest BCUT2D eigenvalue weighted by Crippen LogP contribution is -2.25. The molecule has 0 atom stereocenters. The molecule has 0 aliphatic carbocycles. The molecule has 0 saturated carbocycles. The van der Waals surface area contributed by atoms with Gasteiger partial charge in [0.25, 0.3) is 0 Å². The largest absolute Gasteiger partial charge is 0.462 e. The summed E-state index contributed by atoms with van der Waals surface area (Å²) in [7, 11) is -3.53. The summed E-state index contributed by atoms with van der Waals surface area (Å²) >= 11 is 0. The summed E-state index contributed by atoms with van der Waals surface area (Å²) in [5.41, 5.74) is 0. The van der Waals surface area contributed by atoms with Crippen molar-refractivity contribution in [3.8, 4) is 0 Å². The highest BCUT2D eigenvalue weighted by Gasteiger charge is 2.20. The molecular weight excluding hydrogens is 254 g/mol. The van der Waals surface area contributed by atoms with Gasteiger partial charge in [-0.1, -0.05) is 13.8 Å². The lowest BCUT2D eigenvalue weighted by atomic mass is 10.1. The van der Waals surface area contributed by atoms with Crippen LogP contribution in [0.15, 0.2) is 15.4 Å². The van der Waals surface area contributed by atoms with Crippen LogP contribution in [0.5, 0.6) is 0 Å². The molecule has 0 unspecified atom stereocenters. The zero-order valence-electron chi connectivity index (χ0n) is 11.1. The molecule has 0 aromatic carbocycles. The molecule has 0 saturated heterocycles. The van der Waals surface area contributed by atoms with E-state index in [-0.39, 0.29) is 17.3 Å². The molecule has 104 valence electrons. The van der Waals surface area contributed by atoms with Gasteiger partial charge in [-0.2, -0.15) is 0 Å². The third-order valence-corrected chi connectivity index (χ3v) is 4.19. The maximum atomic E-state index is 12.0. The zero-order chi connectivity index (χ0) is 13.8.